The van der Waals surface area contributed by atoms with Gasteiger partial charge in [0.2, 0.25) is 0 Å². The van der Waals surface area contributed by atoms with Gasteiger partial charge >= 0.3 is 11.9 Å². The van der Waals surface area contributed by atoms with Crippen LogP contribution in [0.1, 0.15) is 36.8 Å². The molecular formula is C24H25ClN2O5. The molecule has 5 rings (SSSR count). The van der Waals surface area contributed by atoms with Crippen molar-refractivity contribution in [3.8, 4) is 0 Å². The van der Waals surface area contributed by atoms with E-state index in [0.717, 1.165) is 30.0 Å². The summed E-state index contributed by atoms with van der Waals surface area (Å²) in [6, 6.07) is 17.1. The quantitative estimate of drug-likeness (QED) is 0.443. The van der Waals surface area contributed by atoms with Crippen LogP contribution in [0.5, 0.6) is 0 Å². The Morgan fingerprint density at radius 2 is 1.59 bits per heavy atom. The number of nitrogens with zero attached hydrogens (tertiary/aromatic N) is 1. The van der Waals surface area contributed by atoms with Crippen LogP contribution in [0.15, 0.2) is 54.7 Å². The van der Waals surface area contributed by atoms with Crippen LogP contribution in [-0.2, 0) is 21.7 Å². The smallest absolute Gasteiger partial charge is 0.414 e. The number of hydrogen-bond acceptors (Lipinski definition) is 4. The van der Waals surface area contributed by atoms with E-state index in [1.165, 1.54) is 29.3 Å². The molecule has 2 fully saturated rings. The number of fused-ring (bicyclic) bond motifs is 3. The molecular weight excluding hydrogens is 432 g/mol. The van der Waals surface area contributed by atoms with Crippen molar-refractivity contribution >= 4 is 34.4 Å². The van der Waals surface area contributed by atoms with Gasteiger partial charge in [0.15, 0.2) is 0 Å². The number of aromatic amines is 1. The van der Waals surface area contributed by atoms with Gasteiger partial charge in [-0.05, 0) is 55.0 Å². The second-order valence-corrected chi connectivity index (χ2v) is 8.91. The van der Waals surface area contributed by atoms with E-state index in [2.05, 4.69) is 40.3 Å². The Balaban J connectivity index is 0.000000363. The van der Waals surface area contributed by atoms with Crippen molar-refractivity contribution in [1.82, 2.24) is 9.88 Å². The number of para-hydroxylation sites is 1. The van der Waals surface area contributed by atoms with Crippen molar-refractivity contribution in [2.45, 2.75) is 49.9 Å². The number of aliphatic carboxylic acids is 2. The normalized spacial score (nSPS) is 24.7. The molecule has 0 amide bonds. The van der Waals surface area contributed by atoms with Gasteiger partial charge in [-0.3, -0.25) is 4.90 Å². The van der Waals surface area contributed by atoms with Gasteiger partial charge in [-0.15, -0.1) is 0 Å². The van der Waals surface area contributed by atoms with E-state index in [1.807, 2.05) is 24.3 Å². The minimum atomic E-state index is -1.82. The van der Waals surface area contributed by atoms with E-state index >= 15 is 0 Å². The highest BCUT2D eigenvalue weighted by Crippen LogP contribution is 2.46. The van der Waals surface area contributed by atoms with Crippen molar-refractivity contribution in [1.29, 1.82) is 0 Å². The van der Waals surface area contributed by atoms with Crippen LogP contribution >= 0.6 is 11.6 Å². The monoisotopic (exact) mass is 456 g/mol. The van der Waals surface area contributed by atoms with Gasteiger partial charge < -0.3 is 20.3 Å². The first-order valence-corrected chi connectivity index (χ1v) is 10.9. The molecule has 168 valence electrons. The maximum atomic E-state index is 11.4. The summed E-state index contributed by atoms with van der Waals surface area (Å²) in [4.78, 5) is 24.2. The predicted octanol–water partition coefficient (Wildman–Crippen LogP) is 3.99. The van der Waals surface area contributed by atoms with Crippen LogP contribution < -0.4 is 0 Å². The molecule has 2 aromatic carbocycles. The number of halogens is 1. The fourth-order valence-electron chi connectivity index (χ4n) is 5.03. The molecule has 1 aromatic heterocycles. The number of hydrogen-bond donors (Lipinski definition) is 4. The van der Waals surface area contributed by atoms with Gasteiger partial charge in [-0.1, -0.05) is 41.9 Å². The van der Waals surface area contributed by atoms with Crippen LogP contribution in [-0.4, -0.2) is 49.2 Å². The minimum Gasteiger partial charge on any atom is -0.473 e. The number of aliphatic hydroxyl groups is 1. The summed E-state index contributed by atoms with van der Waals surface area (Å²) in [6.07, 6.45) is 6.08. The van der Waals surface area contributed by atoms with E-state index in [4.69, 9.17) is 31.4 Å². The fourth-order valence-corrected chi connectivity index (χ4v) is 5.16. The van der Waals surface area contributed by atoms with E-state index in [-0.39, 0.29) is 0 Å². The number of nitrogens with one attached hydrogen (secondary N) is 1. The predicted molar refractivity (Wildman–Crippen MR) is 121 cm³/mol. The Labute approximate surface area is 190 Å². The Hall–Kier alpha value is -2.87. The van der Waals surface area contributed by atoms with Crippen LogP contribution in [0.3, 0.4) is 0 Å². The zero-order chi connectivity index (χ0) is 22.9. The maximum Gasteiger partial charge on any atom is 0.414 e. The number of carboxylic acids is 2. The molecule has 2 bridgehead atoms. The first-order chi connectivity index (χ1) is 15.3. The summed E-state index contributed by atoms with van der Waals surface area (Å²) in [6.45, 7) is 0.954. The molecule has 3 atom stereocenters. The van der Waals surface area contributed by atoms with Gasteiger partial charge in [0.25, 0.3) is 0 Å². The molecule has 0 spiro atoms. The lowest BCUT2D eigenvalue weighted by atomic mass is 9.80. The molecule has 7 nitrogen and oxygen atoms in total. The largest absolute Gasteiger partial charge is 0.473 e. The molecule has 2 aliphatic rings. The highest BCUT2D eigenvalue weighted by molar-refractivity contribution is 6.30. The molecule has 1 unspecified atom stereocenters. The Morgan fingerprint density at radius 1 is 1.00 bits per heavy atom. The number of piperidine rings is 1. The minimum absolute atomic E-state index is 0.433. The Morgan fingerprint density at radius 3 is 2.19 bits per heavy atom. The number of carboxylic acid groups (broad SMARTS) is 2. The molecule has 2 saturated heterocycles. The third kappa shape index (κ3) is 4.50. The second kappa shape index (κ2) is 8.94. The number of carbonyl (C=O) groups is 2. The third-order valence-electron chi connectivity index (χ3n) is 6.51. The van der Waals surface area contributed by atoms with E-state index in [1.54, 1.807) is 0 Å². The molecule has 32 heavy (non-hydrogen) atoms. The summed E-state index contributed by atoms with van der Waals surface area (Å²) in [5.41, 5.74) is 2.83. The van der Waals surface area contributed by atoms with Gasteiger partial charge in [0, 0.05) is 40.8 Å². The van der Waals surface area contributed by atoms with Gasteiger partial charge in [0.1, 0.15) is 0 Å². The van der Waals surface area contributed by atoms with Crippen molar-refractivity contribution in [3.05, 3.63) is 70.9 Å². The SMILES string of the molecule is O=C(O)C(=O)O.OC1(c2ccc(Cl)cc2)C[C@H]2CC[C@@H](C1)N2Cc1c[nH]c2ccccc12. The standard InChI is InChI=1S/C22H23ClN2O.C2H2O4/c23-17-7-5-16(6-8-17)22(26)11-18-9-10-19(12-22)25(18)14-15-13-24-21-4-2-1-3-20(15)21;3-1(4)2(5)6/h1-8,13,18-19,24,26H,9-12,14H2;(H,3,4)(H,5,6)/t18-,19+,22?;. The Kier molecular flexibility index (Phi) is 6.24. The van der Waals surface area contributed by atoms with Gasteiger partial charge in [-0.2, -0.15) is 0 Å². The van der Waals surface area contributed by atoms with Crippen molar-refractivity contribution in [3.63, 3.8) is 0 Å². The molecule has 3 aromatic rings. The lowest BCUT2D eigenvalue weighted by Gasteiger charge is -2.44. The molecule has 2 aliphatic heterocycles. The van der Waals surface area contributed by atoms with Crippen molar-refractivity contribution in [2.24, 2.45) is 0 Å². The molecule has 4 N–H and O–H groups in total. The van der Waals surface area contributed by atoms with E-state index in [9.17, 15) is 5.11 Å². The number of aromatic nitrogens is 1. The average Bonchev–Trinajstić information content (AvgIpc) is 3.28. The first kappa shape index (κ1) is 22.3. The average molecular weight is 457 g/mol. The summed E-state index contributed by atoms with van der Waals surface area (Å²) in [5, 5.41) is 28.2. The van der Waals surface area contributed by atoms with E-state index < -0.39 is 17.5 Å². The zero-order valence-electron chi connectivity index (χ0n) is 17.4. The Bertz CT molecular complexity index is 1100. The summed E-state index contributed by atoms with van der Waals surface area (Å²) < 4.78 is 0. The van der Waals surface area contributed by atoms with Crippen molar-refractivity contribution < 1.29 is 24.9 Å². The highest BCUT2D eigenvalue weighted by atomic mass is 35.5. The third-order valence-corrected chi connectivity index (χ3v) is 6.76. The molecule has 0 aliphatic carbocycles. The summed E-state index contributed by atoms with van der Waals surface area (Å²) in [5.74, 6) is -3.65. The molecule has 0 radical (unpaired) electrons. The van der Waals surface area contributed by atoms with Crippen LogP contribution in [0.4, 0.5) is 0 Å². The molecule has 0 saturated carbocycles. The second-order valence-electron chi connectivity index (χ2n) is 8.47. The maximum absolute atomic E-state index is 11.4. The van der Waals surface area contributed by atoms with Gasteiger partial charge in [0.05, 0.1) is 5.60 Å². The lowest BCUT2D eigenvalue weighted by molar-refractivity contribution is -0.159. The molecule has 3 heterocycles. The zero-order valence-corrected chi connectivity index (χ0v) is 18.1. The topological polar surface area (TPSA) is 114 Å². The van der Waals surface area contributed by atoms with Crippen LogP contribution in [0, 0.1) is 0 Å². The number of rotatable bonds is 3. The van der Waals surface area contributed by atoms with Crippen molar-refractivity contribution in [2.75, 3.05) is 0 Å². The van der Waals surface area contributed by atoms with Crippen LogP contribution in [0.25, 0.3) is 10.9 Å². The lowest BCUT2D eigenvalue weighted by Crippen LogP contribution is -2.49. The first-order valence-electron chi connectivity index (χ1n) is 10.5. The summed E-state index contributed by atoms with van der Waals surface area (Å²) >= 11 is 6.02. The summed E-state index contributed by atoms with van der Waals surface area (Å²) in [7, 11) is 0. The number of H-pyrrole nitrogens is 1. The number of benzene rings is 2. The van der Waals surface area contributed by atoms with E-state index in [0.29, 0.717) is 12.1 Å². The highest BCUT2D eigenvalue weighted by Gasteiger charge is 2.48. The molecule has 8 heteroatoms. The van der Waals surface area contributed by atoms with Crippen LogP contribution in [0.2, 0.25) is 5.02 Å². The van der Waals surface area contributed by atoms with Gasteiger partial charge in [-0.25, -0.2) is 9.59 Å². The fraction of sp³-hybridized carbons (Fsp3) is 0.333.